The number of methoxy groups -OCH3 is 1. The van der Waals surface area contributed by atoms with E-state index in [1.165, 1.54) is 5.56 Å². The number of rotatable bonds is 4. The Labute approximate surface area is 188 Å². The molecule has 0 bridgehead atoms. The molecule has 0 radical (unpaired) electrons. The predicted octanol–water partition coefficient (Wildman–Crippen LogP) is 4.97. The SMILES string of the molecule is COc1ccc2c(c1)-c1nc(Nc3cccc(C(=O)N4CCCC4)c3)ncc1CC2(C)C. The Morgan fingerprint density at radius 2 is 1.94 bits per heavy atom. The molecular formula is C26H28N4O2. The summed E-state index contributed by atoms with van der Waals surface area (Å²) >= 11 is 0. The van der Waals surface area contributed by atoms with Gasteiger partial charge in [-0.25, -0.2) is 9.97 Å². The summed E-state index contributed by atoms with van der Waals surface area (Å²) in [7, 11) is 1.68. The largest absolute Gasteiger partial charge is 0.497 e. The molecule has 1 N–H and O–H groups in total. The smallest absolute Gasteiger partial charge is 0.253 e. The van der Waals surface area contributed by atoms with Crippen LogP contribution in [0.25, 0.3) is 11.3 Å². The highest BCUT2D eigenvalue weighted by Gasteiger charge is 2.32. The highest BCUT2D eigenvalue weighted by molar-refractivity contribution is 5.95. The second-order valence-electron chi connectivity index (χ2n) is 9.24. The van der Waals surface area contributed by atoms with Gasteiger partial charge in [-0.3, -0.25) is 4.79 Å². The van der Waals surface area contributed by atoms with Crippen molar-refractivity contribution in [2.75, 3.05) is 25.5 Å². The quantitative estimate of drug-likeness (QED) is 0.636. The minimum Gasteiger partial charge on any atom is -0.497 e. The third kappa shape index (κ3) is 3.70. The Morgan fingerprint density at radius 3 is 2.72 bits per heavy atom. The summed E-state index contributed by atoms with van der Waals surface area (Å²) in [5, 5.41) is 3.30. The molecule has 0 atom stereocenters. The van der Waals surface area contributed by atoms with Crippen LogP contribution in [-0.4, -0.2) is 41.0 Å². The van der Waals surface area contributed by atoms with Gasteiger partial charge < -0.3 is 15.0 Å². The van der Waals surface area contributed by atoms with Crippen LogP contribution in [0.3, 0.4) is 0 Å². The molecule has 164 valence electrons. The van der Waals surface area contributed by atoms with Crippen molar-refractivity contribution in [2.24, 2.45) is 0 Å². The molecule has 32 heavy (non-hydrogen) atoms. The highest BCUT2D eigenvalue weighted by Crippen LogP contribution is 2.43. The van der Waals surface area contributed by atoms with E-state index >= 15 is 0 Å². The number of nitrogens with one attached hydrogen (secondary N) is 1. The molecule has 2 aromatic carbocycles. The summed E-state index contributed by atoms with van der Waals surface area (Å²) < 4.78 is 5.47. The number of fused-ring (bicyclic) bond motifs is 3. The van der Waals surface area contributed by atoms with Crippen molar-refractivity contribution in [3.8, 4) is 17.0 Å². The van der Waals surface area contributed by atoms with Gasteiger partial charge in [-0.2, -0.15) is 0 Å². The maximum atomic E-state index is 12.8. The zero-order chi connectivity index (χ0) is 22.3. The topological polar surface area (TPSA) is 67.3 Å². The first-order chi connectivity index (χ1) is 15.4. The van der Waals surface area contributed by atoms with Crippen LogP contribution in [0.15, 0.2) is 48.7 Å². The van der Waals surface area contributed by atoms with Gasteiger partial charge in [0.25, 0.3) is 5.91 Å². The summed E-state index contributed by atoms with van der Waals surface area (Å²) in [6.45, 7) is 6.17. The Hall–Kier alpha value is -3.41. The molecule has 5 rings (SSSR count). The van der Waals surface area contributed by atoms with Crippen molar-refractivity contribution in [3.05, 3.63) is 65.4 Å². The van der Waals surface area contributed by atoms with Gasteiger partial charge in [-0.15, -0.1) is 0 Å². The van der Waals surface area contributed by atoms with E-state index in [2.05, 4.69) is 36.3 Å². The number of carbonyl (C=O) groups is 1. The van der Waals surface area contributed by atoms with E-state index in [-0.39, 0.29) is 11.3 Å². The number of aromatic nitrogens is 2. The van der Waals surface area contributed by atoms with Crippen LogP contribution in [0.5, 0.6) is 5.75 Å². The van der Waals surface area contributed by atoms with Gasteiger partial charge >= 0.3 is 0 Å². The predicted molar refractivity (Wildman–Crippen MR) is 126 cm³/mol. The minimum absolute atomic E-state index is 0.00280. The van der Waals surface area contributed by atoms with E-state index in [1.54, 1.807) is 7.11 Å². The molecule has 1 aliphatic carbocycles. The van der Waals surface area contributed by atoms with Gasteiger partial charge in [0, 0.05) is 36.1 Å². The van der Waals surface area contributed by atoms with Crippen LogP contribution < -0.4 is 10.1 Å². The Balaban J connectivity index is 1.46. The zero-order valence-corrected chi connectivity index (χ0v) is 18.8. The van der Waals surface area contributed by atoms with Gasteiger partial charge in [0.15, 0.2) is 0 Å². The fourth-order valence-electron chi connectivity index (χ4n) is 4.80. The number of benzene rings is 2. The molecule has 0 spiro atoms. The standard InChI is InChI=1S/C26H28N4O2/c1-26(2)15-18-16-27-25(29-23(18)21-14-20(32-3)9-10-22(21)26)28-19-8-6-7-17(13-19)24(31)30-11-4-5-12-30/h6-10,13-14,16H,4-5,11-12,15H2,1-3H3,(H,27,28,29). The highest BCUT2D eigenvalue weighted by atomic mass is 16.5. The molecule has 6 heteroatoms. The zero-order valence-electron chi connectivity index (χ0n) is 18.8. The Kier molecular flexibility index (Phi) is 5.08. The monoisotopic (exact) mass is 428 g/mol. The lowest BCUT2D eigenvalue weighted by Gasteiger charge is -2.33. The second kappa shape index (κ2) is 7.93. The molecule has 0 saturated carbocycles. The summed E-state index contributed by atoms with van der Waals surface area (Å²) in [6, 6.07) is 13.8. The van der Waals surface area contributed by atoms with Crippen LogP contribution >= 0.6 is 0 Å². The molecule has 2 aliphatic rings. The molecule has 1 aromatic heterocycles. The van der Waals surface area contributed by atoms with E-state index in [0.29, 0.717) is 11.5 Å². The van der Waals surface area contributed by atoms with Crippen LogP contribution in [0.2, 0.25) is 0 Å². The van der Waals surface area contributed by atoms with Crippen LogP contribution in [0.1, 0.15) is 48.2 Å². The fraction of sp³-hybridized carbons (Fsp3) is 0.346. The third-order valence-corrected chi connectivity index (χ3v) is 6.47. The average Bonchev–Trinajstić information content (AvgIpc) is 3.34. The number of ether oxygens (including phenoxy) is 1. The first-order valence-electron chi connectivity index (χ1n) is 11.2. The van der Waals surface area contributed by atoms with Crippen LogP contribution in [-0.2, 0) is 11.8 Å². The summed E-state index contributed by atoms with van der Waals surface area (Å²) in [6.07, 6.45) is 4.95. The molecule has 1 amide bonds. The fourth-order valence-corrected chi connectivity index (χ4v) is 4.80. The lowest BCUT2D eigenvalue weighted by Crippen LogP contribution is -2.27. The lowest BCUT2D eigenvalue weighted by molar-refractivity contribution is 0.0793. The van der Waals surface area contributed by atoms with Crippen molar-refractivity contribution in [1.82, 2.24) is 14.9 Å². The molecule has 2 heterocycles. The molecule has 6 nitrogen and oxygen atoms in total. The van der Waals surface area contributed by atoms with E-state index in [9.17, 15) is 4.79 Å². The molecule has 1 aliphatic heterocycles. The van der Waals surface area contributed by atoms with Crippen molar-refractivity contribution in [2.45, 2.75) is 38.5 Å². The second-order valence-corrected chi connectivity index (χ2v) is 9.24. The Bertz CT molecular complexity index is 1180. The van der Waals surface area contributed by atoms with E-state index in [1.807, 2.05) is 41.4 Å². The maximum Gasteiger partial charge on any atom is 0.253 e. The number of anilines is 2. The molecule has 3 aromatic rings. The van der Waals surface area contributed by atoms with Gasteiger partial charge in [0.05, 0.1) is 12.8 Å². The van der Waals surface area contributed by atoms with E-state index in [4.69, 9.17) is 9.72 Å². The number of hydrogen-bond acceptors (Lipinski definition) is 5. The normalized spacial score (nSPS) is 16.3. The van der Waals surface area contributed by atoms with Crippen molar-refractivity contribution >= 4 is 17.5 Å². The van der Waals surface area contributed by atoms with Crippen LogP contribution in [0, 0.1) is 0 Å². The number of nitrogens with zero attached hydrogens (tertiary/aromatic N) is 3. The van der Waals surface area contributed by atoms with Gasteiger partial charge in [0.2, 0.25) is 5.95 Å². The maximum absolute atomic E-state index is 12.8. The first kappa shape index (κ1) is 20.5. The summed E-state index contributed by atoms with van der Waals surface area (Å²) in [4.78, 5) is 24.1. The molecule has 1 saturated heterocycles. The summed E-state index contributed by atoms with van der Waals surface area (Å²) in [5.74, 6) is 1.41. The number of carbonyl (C=O) groups excluding carboxylic acids is 1. The number of amides is 1. The number of likely N-dealkylation sites (tertiary alicyclic amines) is 1. The van der Waals surface area contributed by atoms with Gasteiger partial charge in [0.1, 0.15) is 5.75 Å². The van der Waals surface area contributed by atoms with Crippen molar-refractivity contribution < 1.29 is 9.53 Å². The Morgan fingerprint density at radius 1 is 1.12 bits per heavy atom. The average molecular weight is 429 g/mol. The molecule has 1 fully saturated rings. The summed E-state index contributed by atoms with van der Waals surface area (Å²) in [5.41, 5.74) is 5.88. The van der Waals surface area contributed by atoms with Crippen LogP contribution in [0.4, 0.5) is 11.6 Å². The number of hydrogen-bond donors (Lipinski definition) is 1. The van der Waals surface area contributed by atoms with Gasteiger partial charge in [-0.1, -0.05) is 26.0 Å². The van der Waals surface area contributed by atoms with Crippen molar-refractivity contribution in [3.63, 3.8) is 0 Å². The lowest BCUT2D eigenvalue weighted by atomic mass is 9.72. The molecule has 0 unspecified atom stereocenters. The molecular weight excluding hydrogens is 400 g/mol. The third-order valence-electron chi connectivity index (χ3n) is 6.47. The van der Waals surface area contributed by atoms with E-state index < -0.39 is 0 Å². The minimum atomic E-state index is -0.00280. The van der Waals surface area contributed by atoms with E-state index in [0.717, 1.165) is 60.6 Å². The first-order valence-corrected chi connectivity index (χ1v) is 11.2. The van der Waals surface area contributed by atoms with Gasteiger partial charge in [-0.05, 0) is 66.1 Å². The van der Waals surface area contributed by atoms with Crippen molar-refractivity contribution in [1.29, 1.82) is 0 Å².